The van der Waals surface area contributed by atoms with E-state index in [9.17, 15) is 9.59 Å². The highest BCUT2D eigenvalue weighted by Gasteiger charge is 2.12. The van der Waals surface area contributed by atoms with Crippen molar-refractivity contribution in [2.45, 2.75) is 26.4 Å². The number of ether oxygens (including phenoxy) is 1. The van der Waals surface area contributed by atoms with Gasteiger partial charge in [0.25, 0.3) is 0 Å². The molecule has 3 N–H and O–H groups in total. The molecule has 20 heavy (non-hydrogen) atoms. The molecular formula is C14H20N2O4. The molecule has 0 bridgehead atoms. The number of anilines is 1. The summed E-state index contributed by atoms with van der Waals surface area (Å²) in [6.07, 6.45) is 0.805. The zero-order valence-corrected chi connectivity index (χ0v) is 11.7. The Morgan fingerprint density at radius 1 is 1.20 bits per heavy atom. The summed E-state index contributed by atoms with van der Waals surface area (Å²) in [4.78, 5) is 23.1. The van der Waals surface area contributed by atoms with Gasteiger partial charge in [0.15, 0.2) is 0 Å². The van der Waals surface area contributed by atoms with Crippen LogP contribution in [-0.2, 0) is 14.3 Å². The van der Waals surface area contributed by atoms with E-state index in [1.165, 1.54) is 24.3 Å². The minimum atomic E-state index is -0.736. The standard InChI is InChI=1S/C14H20N2O4/c1-10(2)20-9-3-8-15-13(18)14(19)16-11-4-6-12(17)7-5-11/h4-7,10,17H,3,8-9H2,1-2H3,(H,15,18)(H,16,19). The van der Waals surface area contributed by atoms with E-state index >= 15 is 0 Å². The number of phenolic OH excluding ortho intramolecular Hbond substituents is 1. The fourth-order valence-corrected chi connectivity index (χ4v) is 1.41. The van der Waals surface area contributed by atoms with E-state index < -0.39 is 11.8 Å². The van der Waals surface area contributed by atoms with Gasteiger partial charge in [-0.15, -0.1) is 0 Å². The summed E-state index contributed by atoms with van der Waals surface area (Å²) >= 11 is 0. The number of aromatic hydroxyl groups is 1. The number of carbonyl (C=O) groups excluding carboxylic acids is 2. The first kappa shape index (κ1) is 16.0. The minimum absolute atomic E-state index is 0.0950. The van der Waals surface area contributed by atoms with E-state index in [0.29, 0.717) is 25.3 Å². The predicted octanol–water partition coefficient (Wildman–Crippen LogP) is 1.26. The Morgan fingerprint density at radius 3 is 2.45 bits per heavy atom. The average molecular weight is 280 g/mol. The van der Waals surface area contributed by atoms with Gasteiger partial charge in [-0.05, 0) is 44.5 Å². The summed E-state index contributed by atoms with van der Waals surface area (Å²) < 4.78 is 5.32. The zero-order chi connectivity index (χ0) is 15.0. The van der Waals surface area contributed by atoms with Crippen LogP contribution < -0.4 is 10.6 Å². The quantitative estimate of drug-likeness (QED) is 0.416. The van der Waals surface area contributed by atoms with Crippen molar-refractivity contribution in [1.29, 1.82) is 0 Å². The van der Waals surface area contributed by atoms with Crippen molar-refractivity contribution in [1.82, 2.24) is 5.32 Å². The second kappa shape index (κ2) is 8.16. The molecule has 0 heterocycles. The summed E-state index contributed by atoms with van der Waals surface area (Å²) in [5.41, 5.74) is 0.450. The van der Waals surface area contributed by atoms with Crippen LogP contribution in [0.2, 0.25) is 0 Å². The summed E-state index contributed by atoms with van der Waals surface area (Å²) in [5, 5.41) is 14.0. The molecule has 1 aromatic rings. The first-order valence-electron chi connectivity index (χ1n) is 6.49. The molecule has 0 unspecified atom stereocenters. The third-order valence-electron chi connectivity index (χ3n) is 2.39. The number of carbonyl (C=O) groups is 2. The molecule has 0 aliphatic heterocycles. The lowest BCUT2D eigenvalue weighted by Crippen LogP contribution is -2.36. The minimum Gasteiger partial charge on any atom is -0.508 e. The van der Waals surface area contributed by atoms with Gasteiger partial charge < -0.3 is 20.5 Å². The summed E-state index contributed by atoms with van der Waals surface area (Å²) in [6, 6.07) is 5.88. The van der Waals surface area contributed by atoms with Gasteiger partial charge in [0.1, 0.15) is 5.75 Å². The molecule has 0 saturated heterocycles. The molecule has 0 spiro atoms. The van der Waals surface area contributed by atoms with Crippen molar-refractivity contribution < 1.29 is 19.4 Å². The highest BCUT2D eigenvalue weighted by atomic mass is 16.5. The number of amides is 2. The molecule has 1 aromatic carbocycles. The van der Waals surface area contributed by atoms with Crippen LogP contribution in [0, 0.1) is 0 Å². The van der Waals surface area contributed by atoms with Crippen LogP contribution in [-0.4, -0.2) is 36.2 Å². The van der Waals surface area contributed by atoms with E-state index in [1.807, 2.05) is 13.8 Å². The third kappa shape index (κ3) is 6.19. The van der Waals surface area contributed by atoms with Crippen LogP contribution in [0.25, 0.3) is 0 Å². The van der Waals surface area contributed by atoms with Crippen molar-refractivity contribution in [3.05, 3.63) is 24.3 Å². The summed E-state index contributed by atoms with van der Waals surface area (Å²) in [6.45, 7) is 4.79. The Labute approximate surface area is 118 Å². The molecule has 110 valence electrons. The number of benzene rings is 1. The molecule has 0 saturated carbocycles. The fraction of sp³-hybridized carbons (Fsp3) is 0.429. The van der Waals surface area contributed by atoms with Crippen molar-refractivity contribution in [2.24, 2.45) is 0 Å². The maximum absolute atomic E-state index is 11.6. The van der Waals surface area contributed by atoms with Gasteiger partial charge in [0.2, 0.25) is 0 Å². The molecule has 0 fully saturated rings. The highest BCUT2D eigenvalue weighted by Crippen LogP contribution is 2.13. The van der Waals surface area contributed by atoms with Crippen LogP contribution in [0.1, 0.15) is 20.3 Å². The molecule has 6 nitrogen and oxygen atoms in total. The fourth-order valence-electron chi connectivity index (χ4n) is 1.41. The molecule has 0 aliphatic rings. The topological polar surface area (TPSA) is 87.7 Å². The first-order valence-corrected chi connectivity index (χ1v) is 6.49. The first-order chi connectivity index (χ1) is 9.49. The number of hydrogen-bond acceptors (Lipinski definition) is 4. The van der Waals surface area contributed by atoms with Crippen LogP contribution >= 0.6 is 0 Å². The number of hydrogen-bond donors (Lipinski definition) is 3. The van der Waals surface area contributed by atoms with Crippen LogP contribution in [0.5, 0.6) is 5.75 Å². The molecule has 0 aromatic heterocycles. The van der Waals surface area contributed by atoms with Gasteiger partial charge in [0, 0.05) is 18.8 Å². The van der Waals surface area contributed by atoms with Crippen LogP contribution in [0.3, 0.4) is 0 Å². The van der Waals surface area contributed by atoms with E-state index in [-0.39, 0.29) is 11.9 Å². The Balaban J connectivity index is 2.25. The van der Waals surface area contributed by atoms with Crippen molar-refractivity contribution in [3.8, 4) is 5.75 Å². The van der Waals surface area contributed by atoms with E-state index in [4.69, 9.17) is 9.84 Å². The number of phenols is 1. The molecule has 1 rings (SSSR count). The van der Waals surface area contributed by atoms with E-state index in [2.05, 4.69) is 10.6 Å². The Bertz CT molecular complexity index is 443. The largest absolute Gasteiger partial charge is 0.508 e. The van der Waals surface area contributed by atoms with E-state index in [1.54, 1.807) is 0 Å². The Hall–Kier alpha value is -2.08. The third-order valence-corrected chi connectivity index (χ3v) is 2.39. The molecule has 0 atom stereocenters. The molecule has 2 amide bonds. The van der Waals surface area contributed by atoms with Gasteiger partial charge in [-0.25, -0.2) is 0 Å². The van der Waals surface area contributed by atoms with Gasteiger partial charge >= 0.3 is 11.8 Å². The van der Waals surface area contributed by atoms with E-state index in [0.717, 1.165) is 0 Å². The SMILES string of the molecule is CC(C)OCCCNC(=O)C(=O)Nc1ccc(O)cc1. The Kier molecular flexibility index (Phi) is 6.52. The van der Waals surface area contributed by atoms with Crippen LogP contribution in [0.4, 0.5) is 5.69 Å². The lowest BCUT2D eigenvalue weighted by atomic mass is 10.3. The molecule has 0 radical (unpaired) electrons. The Morgan fingerprint density at radius 2 is 1.85 bits per heavy atom. The van der Waals surface area contributed by atoms with Gasteiger partial charge in [-0.1, -0.05) is 0 Å². The van der Waals surface area contributed by atoms with Gasteiger partial charge in [0.05, 0.1) is 6.10 Å². The maximum atomic E-state index is 11.6. The van der Waals surface area contributed by atoms with Crippen LogP contribution in [0.15, 0.2) is 24.3 Å². The summed E-state index contributed by atoms with van der Waals surface area (Å²) in [5.74, 6) is -1.33. The lowest BCUT2D eigenvalue weighted by Gasteiger charge is -2.08. The smallest absolute Gasteiger partial charge is 0.313 e. The second-order valence-electron chi connectivity index (χ2n) is 4.53. The normalized spacial score (nSPS) is 10.3. The van der Waals surface area contributed by atoms with Gasteiger partial charge in [-0.2, -0.15) is 0 Å². The number of rotatable bonds is 6. The monoisotopic (exact) mass is 280 g/mol. The number of nitrogens with one attached hydrogen (secondary N) is 2. The molecule has 0 aliphatic carbocycles. The van der Waals surface area contributed by atoms with Crippen molar-refractivity contribution in [3.63, 3.8) is 0 Å². The summed E-state index contributed by atoms with van der Waals surface area (Å²) in [7, 11) is 0. The van der Waals surface area contributed by atoms with Gasteiger partial charge in [-0.3, -0.25) is 9.59 Å². The lowest BCUT2D eigenvalue weighted by molar-refractivity contribution is -0.136. The average Bonchev–Trinajstić information content (AvgIpc) is 2.40. The second-order valence-corrected chi connectivity index (χ2v) is 4.53. The molecular weight excluding hydrogens is 260 g/mol. The highest BCUT2D eigenvalue weighted by molar-refractivity contribution is 6.39. The van der Waals surface area contributed by atoms with Crippen molar-refractivity contribution >= 4 is 17.5 Å². The zero-order valence-electron chi connectivity index (χ0n) is 11.7. The maximum Gasteiger partial charge on any atom is 0.313 e. The molecule has 6 heteroatoms. The van der Waals surface area contributed by atoms with Crippen molar-refractivity contribution in [2.75, 3.05) is 18.5 Å². The predicted molar refractivity (Wildman–Crippen MR) is 75.5 cm³/mol.